The van der Waals surface area contributed by atoms with Crippen LogP contribution in [0.1, 0.15) is 24.1 Å². The van der Waals surface area contributed by atoms with Crippen LogP contribution in [0.25, 0.3) is 21.5 Å². The number of rotatable bonds is 6. The van der Waals surface area contributed by atoms with E-state index in [2.05, 4.69) is 34.9 Å². The molecule has 1 atom stereocenters. The van der Waals surface area contributed by atoms with E-state index >= 15 is 0 Å². The van der Waals surface area contributed by atoms with Crippen molar-refractivity contribution in [1.29, 1.82) is 0 Å². The molecule has 0 spiro atoms. The van der Waals surface area contributed by atoms with Crippen LogP contribution >= 0.6 is 0 Å². The van der Waals surface area contributed by atoms with Gasteiger partial charge in [0.2, 0.25) is 11.8 Å². The van der Waals surface area contributed by atoms with Crippen LogP contribution in [-0.2, 0) is 16.0 Å². The largest absolute Gasteiger partial charge is 0.348 e. The number of carbonyl (C=O) groups excluding carboxylic acids is 2. The van der Waals surface area contributed by atoms with Gasteiger partial charge in [0.15, 0.2) is 0 Å². The summed E-state index contributed by atoms with van der Waals surface area (Å²) in [5, 5.41) is 10.2. The molecule has 4 nitrogen and oxygen atoms in total. The predicted octanol–water partition coefficient (Wildman–Crippen LogP) is 4.53. The lowest BCUT2D eigenvalue weighted by Gasteiger charge is -2.15. The molecule has 0 bridgehead atoms. The van der Waals surface area contributed by atoms with Crippen LogP contribution in [0.15, 0.2) is 84.9 Å². The molecule has 0 radical (unpaired) electrons. The third kappa shape index (κ3) is 4.49. The van der Waals surface area contributed by atoms with Crippen LogP contribution < -0.4 is 10.6 Å². The maximum absolute atomic E-state index is 12.4. The Hall–Kier alpha value is -3.66. The first-order valence-electron chi connectivity index (χ1n) is 10.1. The minimum Gasteiger partial charge on any atom is -0.348 e. The van der Waals surface area contributed by atoms with Gasteiger partial charge in [-0.05, 0) is 45.7 Å². The Morgan fingerprint density at radius 3 is 2.30 bits per heavy atom. The Morgan fingerprint density at radius 1 is 0.767 bits per heavy atom. The number of hydrogen-bond donors (Lipinski definition) is 2. The molecule has 2 amide bonds. The maximum Gasteiger partial charge on any atom is 0.239 e. The van der Waals surface area contributed by atoms with E-state index in [4.69, 9.17) is 0 Å². The molecule has 0 aliphatic heterocycles. The summed E-state index contributed by atoms with van der Waals surface area (Å²) < 4.78 is 0. The molecule has 150 valence electrons. The Labute approximate surface area is 175 Å². The van der Waals surface area contributed by atoms with E-state index in [0.29, 0.717) is 0 Å². The van der Waals surface area contributed by atoms with Crippen LogP contribution in [0.2, 0.25) is 0 Å². The van der Waals surface area contributed by atoms with E-state index in [9.17, 15) is 9.59 Å². The van der Waals surface area contributed by atoms with Gasteiger partial charge in [0.1, 0.15) is 0 Å². The molecule has 0 aromatic heterocycles. The molecule has 30 heavy (non-hydrogen) atoms. The van der Waals surface area contributed by atoms with Gasteiger partial charge in [-0.1, -0.05) is 78.9 Å². The molecule has 4 aromatic carbocycles. The number of benzene rings is 4. The van der Waals surface area contributed by atoms with Gasteiger partial charge < -0.3 is 10.6 Å². The first-order chi connectivity index (χ1) is 14.6. The van der Waals surface area contributed by atoms with E-state index in [-0.39, 0.29) is 30.8 Å². The minimum atomic E-state index is -0.207. The second kappa shape index (κ2) is 8.78. The van der Waals surface area contributed by atoms with Gasteiger partial charge in [-0.2, -0.15) is 0 Å². The fourth-order valence-electron chi connectivity index (χ4n) is 3.71. The van der Waals surface area contributed by atoms with Crippen molar-refractivity contribution in [3.8, 4) is 0 Å². The summed E-state index contributed by atoms with van der Waals surface area (Å²) in [4.78, 5) is 24.7. The summed E-state index contributed by atoms with van der Waals surface area (Å²) in [7, 11) is 0. The molecule has 0 aliphatic rings. The SMILES string of the molecule is CC(NC(=O)CNC(=O)Cc1cccc2ccccc12)c1ccc2ccccc2c1. The molecule has 0 aliphatic carbocycles. The molecule has 0 heterocycles. The van der Waals surface area contributed by atoms with Crippen molar-refractivity contribution in [1.82, 2.24) is 10.6 Å². The molecular formula is C26H24N2O2. The maximum atomic E-state index is 12.4. The van der Waals surface area contributed by atoms with E-state index in [1.165, 1.54) is 5.39 Å². The van der Waals surface area contributed by atoms with Crippen molar-refractivity contribution in [2.75, 3.05) is 6.54 Å². The van der Waals surface area contributed by atoms with Crippen LogP contribution in [-0.4, -0.2) is 18.4 Å². The third-order valence-electron chi connectivity index (χ3n) is 5.33. The van der Waals surface area contributed by atoms with Gasteiger partial charge in [-0.3, -0.25) is 9.59 Å². The number of nitrogens with one attached hydrogen (secondary N) is 2. The second-order valence-electron chi connectivity index (χ2n) is 7.49. The third-order valence-corrected chi connectivity index (χ3v) is 5.33. The molecule has 1 unspecified atom stereocenters. The van der Waals surface area contributed by atoms with Gasteiger partial charge in [0, 0.05) is 0 Å². The van der Waals surface area contributed by atoms with Crippen molar-refractivity contribution in [2.24, 2.45) is 0 Å². The lowest BCUT2D eigenvalue weighted by atomic mass is 10.0. The summed E-state index contributed by atoms with van der Waals surface area (Å²) >= 11 is 0. The summed E-state index contributed by atoms with van der Waals surface area (Å²) in [5.41, 5.74) is 1.99. The number of amides is 2. The molecule has 0 saturated carbocycles. The average molecular weight is 396 g/mol. The van der Waals surface area contributed by atoms with Crippen molar-refractivity contribution in [2.45, 2.75) is 19.4 Å². The van der Waals surface area contributed by atoms with Crippen LogP contribution in [0.3, 0.4) is 0 Å². The van der Waals surface area contributed by atoms with Crippen LogP contribution in [0, 0.1) is 0 Å². The highest BCUT2D eigenvalue weighted by Gasteiger charge is 2.12. The highest BCUT2D eigenvalue weighted by Crippen LogP contribution is 2.20. The van der Waals surface area contributed by atoms with Crippen molar-refractivity contribution < 1.29 is 9.59 Å². The Kier molecular flexibility index (Phi) is 5.75. The van der Waals surface area contributed by atoms with Crippen molar-refractivity contribution in [3.05, 3.63) is 96.1 Å². The minimum absolute atomic E-state index is 0.0402. The van der Waals surface area contributed by atoms with E-state index in [0.717, 1.165) is 27.3 Å². The lowest BCUT2D eigenvalue weighted by Crippen LogP contribution is -2.38. The van der Waals surface area contributed by atoms with E-state index in [1.54, 1.807) is 0 Å². The van der Waals surface area contributed by atoms with Crippen LogP contribution in [0.5, 0.6) is 0 Å². The standard InChI is InChI=1S/C26H24N2O2/c1-18(21-14-13-19-7-2-3-9-22(19)15-21)28-26(30)17-27-25(29)16-23-11-6-10-20-8-4-5-12-24(20)23/h2-15,18H,16-17H2,1H3,(H,27,29)(H,28,30). The van der Waals surface area contributed by atoms with Gasteiger partial charge in [-0.15, -0.1) is 0 Å². The second-order valence-corrected chi connectivity index (χ2v) is 7.49. The average Bonchev–Trinajstić information content (AvgIpc) is 2.77. The highest BCUT2D eigenvalue weighted by atomic mass is 16.2. The van der Waals surface area contributed by atoms with Crippen LogP contribution in [0.4, 0.5) is 0 Å². The monoisotopic (exact) mass is 396 g/mol. The van der Waals surface area contributed by atoms with Gasteiger partial charge in [0.25, 0.3) is 0 Å². The molecule has 4 aromatic rings. The van der Waals surface area contributed by atoms with Gasteiger partial charge in [-0.25, -0.2) is 0 Å². The molecule has 2 N–H and O–H groups in total. The first kappa shape index (κ1) is 19.6. The smallest absolute Gasteiger partial charge is 0.239 e. The fraction of sp³-hybridized carbons (Fsp3) is 0.154. The molecule has 4 heteroatoms. The van der Waals surface area contributed by atoms with Gasteiger partial charge >= 0.3 is 0 Å². The zero-order valence-corrected chi connectivity index (χ0v) is 16.9. The summed E-state index contributed by atoms with van der Waals surface area (Å²) in [6, 6.07) is 28.0. The molecule has 4 rings (SSSR count). The summed E-state index contributed by atoms with van der Waals surface area (Å²) in [6.45, 7) is 1.90. The van der Waals surface area contributed by atoms with Gasteiger partial charge in [0.05, 0.1) is 19.0 Å². The Morgan fingerprint density at radius 2 is 1.47 bits per heavy atom. The summed E-state index contributed by atoms with van der Waals surface area (Å²) in [5.74, 6) is -0.373. The van der Waals surface area contributed by atoms with Crippen molar-refractivity contribution in [3.63, 3.8) is 0 Å². The Bertz CT molecular complexity index is 1210. The molecular weight excluding hydrogens is 372 g/mol. The van der Waals surface area contributed by atoms with E-state index < -0.39 is 0 Å². The quantitative estimate of drug-likeness (QED) is 0.503. The predicted molar refractivity (Wildman–Crippen MR) is 121 cm³/mol. The van der Waals surface area contributed by atoms with Crippen molar-refractivity contribution >= 4 is 33.4 Å². The highest BCUT2D eigenvalue weighted by molar-refractivity contribution is 5.91. The first-order valence-corrected chi connectivity index (χ1v) is 10.1. The van der Waals surface area contributed by atoms with E-state index in [1.807, 2.05) is 67.6 Å². The number of hydrogen-bond acceptors (Lipinski definition) is 2. The fourth-order valence-corrected chi connectivity index (χ4v) is 3.71. The Balaban J connectivity index is 1.33. The number of fused-ring (bicyclic) bond motifs is 2. The lowest BCUT2D eigenvalue weighted by molar-refractivity contribution is -0.126. The molecule has 0 fully saturated rings. The normalized spacial score (nSPS) is 11.9. The molecule has 0 saturated heterocycles. The summed E-state index contributed by atoms with van der Waals surface area (Å²) in [6.07, 6.45) is 0.245. The topological polar surface area (TPSA) is 58.2 Å². The zero-order valence-electron chi connectivity index (χ0n) is 16.9. The number of carbonyl (C=O) groups is 2. The zero-order chi connectivity index (χ0) is 20.9.